The molecule has 0 radical (unpaired) electrons. The normalized spacial score (nSPS) is 20.7. The van der Waals surface area contributed by atoms with Gasteiger partial charge in [-0.25, -0.2) is 0 Å². The summed E-state index contributed by atoms with van der Waals surface area (Å²) >= 11 is 0. The average molecular weight is 467 g/mol. The van der Waals surface area contributed by atoms with Crippen LogP contribution in [0.2, 0.25) is 0 Å². The Hall–Kier alpha value is -0.160. The molecule has 0 amide bonds. The smallest absolute Gasteiger partial charge is 0.0571 e. The molecule has 0 aliphatic heterocycles. The topological polar surface area (TPSA) is 30.5 Å². The van der Waals surface area contributed by atoms with E-state index in [0.29, 0.717) is 17.2 Å². The SMILES string of the molecule is CCCCC(NCCC1([15N](CC)CC)CCCCC1)NCCC1([15N](CC)CC)CCCCC1. The highest BCUT2D eigenvalue weighted by Crippen LogP contribution is 2.37. The van der Waals surface area contributed by atoms with Crippen LogP contribution in [0, 0.1) is 0 Å². The summed E-state index contributed by atoms with van der Waals surface area (Å²) in [5.41, 5.74) is 0.887. The maximum atomic E-state index is 3.99. The molecule has 33 heavy (non-hydrogen) atoms. The minimum atomic E-state index is 0.443. The van der Waals surface area contributed by atoms with Crippen LogP contribution in [0.4, 0.5) is 0 Å². The molecule has 0 aromatic rings. The van der Waals surface area contributed by atoms with Crippen LogP contribution >= 0.6 is 0 Å². The molecule has 0 aromatic heterocycles. The third kappa shape index (κ3) is 8.47. The molecule has 0 bridgehead atoms. The summed E-state index contributed by atoms with van der Waals surface area (Å²) in [6.45, 7) is 18.8. The summed E-state index contributed by atoms with van der Waals surface area (Å²) in [6.07, 6.45) is 21.1. The average Bonchev–Trinajstić information content (AvgIpc) is 2.85. The molecule has 2 rings (SSSR count). The highest BCUT2D eigenvalue weighted by molar-refractivity contribution is 4.94. The third-order valence-electron chi connectivity index (χ3n) is 9.25. The van der Waals surface area contributed by atoms with Crippen molar-refractivity contribution in [3.05, 3.63) is 0 Å². The van der Waals surface area contributed by atoms with Crippen molar-refractivity contribution in [3.8, 4) is 0 Å². The van der Waals surface area contributed by atoms with Crippen LogP contribution in [-0.4, -0.2) is 66.3 Å². The van der Waals surface area contributed by atoms with Crippen LogP contribution in [-0.2, 0) is 0 Å². The number of rotatable bonds is 17. The quantitative estimate of drug-likeness (QED) is 0.188. The standard InChI is InChI=1S/C29H60N4/c1-6-11-18-27(30-25-23-28(32(7-2)8-3)19-14-12-15-20-28)31-26-24-29(33(9-4)10-5)21-16-13-17-22-29/h27,30-31H,6-26H2,1-5H3/i32+1,33+1. The van der Waals surface area contributed by atoms with Crippen LogP contribution < -0.4 is 10.6 Å². The predicted molar refractivity (Wildman–Crippen MR) is 146 cm³/mol. The second kappa shape index (κ2) is 15.8. The lowest BCUT2D eigenvalue weighted by Gasteiger charge is -2.47. The summed E-state index contributed by atoms with van der Waals surface area (Å²) < 4.78 is 0. The predicted octanol–water partition coefficient (Wildman–Crippen LogP) is 6.55. The van der Waals surface area contributed by atoms with E-state index in [-0.39, 0.29) is 0 Å². The molecular weight excluding hydrogens is 406 g/mol. The van der Waals surface area contributed by atoms with Gasteiger partial charge in [-0.3, -0.25) is 9.80 Å². The fraction of sp³-hybridized carbons (Fsp3) is 1.00. The van der Waals surface area contributed by atoms with Crippen molar-refractivity contribution in [3.63, 3.8) is 0 Å². The van der Waals surface area contributed by atoms with E-state index >= 15 is 0 Å². The minimum Gasteiger partial charge on any atom is -0.302 e. The maximum absolute atomic E-state index is 3.99. The van der Waals surface area contributed by atoms with Gasteiger partial charge in [-0.15, -0.1) is 0 Å². The fourth-order valence-electron chi connectivity index (χ4n) is 7.30. The maximum Gasteiger partial charge on any atom is 0.0571 e. The van der Waals surface area contributed by atoms with Gasteiger partial charge < -0.3 is 10.6 Å². The van der Waals surface area contributed by atoms with Crippen molar-refractivity contribution in [2.75, 3.05) is 39.3 Å². The summed E-state index contributed by atoms with van der Waals surface area (Å²) in [7, 11) is 0. The molecular formula is C29H60N4. The number of hydrogen-bond donors (Lipinski definition) is 2. The molecule has 196 valence electrons. The van der Waals surface area contributed by atoms with Crippen LogP contribution in [0.5, 0.6) is 0 Å². The van der Waals surface area contributed by atoms with E-state index in [9.17, 15) is 0 Å². The largest absolute Gasteiger partial charge is 0.302 e. The van der Waals surface area contributed by atoms with E-state index in [1.54, 1.807) is 0 Å². The lowest BCUT2D eigenvalue weighted by atomic mass is 9.80. The van der Waals surface area contributed by atoms with E-state index in [1.165, 1.54) is 122 Å². The number of nitrogens with one attached hydrogen (secondary N) is 2. The molecule has 2 fully saturated rings. The molecule has 0 aromatic carbocycles. The van der Waals surface area contributed by atoms with Gasteiger partial charge in [0.15, 0.2) is 0 Å². The second-order valence-corrected chi connectivity index (χ2v) is 11.0. The Morgan fingerprint density at radius 1 is 0.606 bits per heavy atom. The lowest BCUT2D eigenvalue weighted by Crippen LogP contribution is -2.54. The first-order valence-corrected chi connectivity index (χ1v) is 15.1. The molecule has 0 unspecified atom stereocenters. The zero-order valence-corrected chi connectivity index (χ0v) is 23.3. The van der Waals surface area contributed by atoms with E-state index in [2.05, 4.69) is 55.1 Å². The van der Waals surface area contributed by atoms with Gasteiger partial charge in [0, 0.05) is 11.1 Å². The number of hydrogen-bond acceptors (Lipinski definition) is 4. The Balaban J connectivity index is 1.91. The van der Waals surface area contributed by atoms with Crippen molar-refractivity contribution in [2.45, 2.75) is 148 Å². The minimum absolute atomic E-state index is 0.443. The molecule has 4 heteroatoms. The van der Waals surface area contributed by atoms with Gasteiger partial charge in [-0.05, 0) is 84.2 Å². The molecule has 0 spiro atoms. The van der Waals surface area contributed by atoms with Crippen molar-refractivity contribution in [1.29, 1.82) is 0 Å². The molecule has 0 atom stereocenters. The fourth-order valence-corrected chi connectivity index (χ4v) is 7.30. The Kier molecular flexibility index (Phi) is 13.9. The Bertz CT molecular complexity index is 434. The van der Waals surface area contributed by atoms with Crippen molar-refractivity contribution >= 4 is 0 Å². The molecule has 2 aliphatic carbocycles. The Morgan fingerprint density at radius 3 is 1.33 bits per heavy atom. The van der Waals surface area contributed by atoms with E-state index in [4.69, 9.17) is 0 Å². The number of unbranched alkanes of at least 4 members (excludes halogenated alkanes) is 1. The molecule has 2 saturated carbocycles. The van der Waals surface area contributed by atoms with E-state index in [1.807, 2.05) is 0 Å². The van der Waals surface area contributed by atoms with Gasteiger partial charge in [0.05, 0.1) is 6.17 Å². The summed E-state index contributed by atoms with van der Waals surface area (Å²) in [5.74, 6) is 0. The molecule has 4 nitrogen and oxygen atoms in total. The van der Waals surface area contributed by atoms with Crippen LogP contribution in [0.15, 0.2) is 0 Å². The van der Waals surface area contributed by atoms with Crippen molar-refractivity contribution in [1.82, 2.24) is 20.4 Å². The van der Waals surface area contributed by atoms with Gasteiger partial charge in [0.25, 0.3) is 0 Å². The highest BCUT2D eigenvalue weighted by Gasteiger charge is 2.37. The molecule has 2 N–H and O–H groups in total. The summed E-state index contributed by atoms with van der Waals surface area (Å²) in [5, 5.41) is 7.97. The third-order valence-corrected chi connectivity index (χ3v) is 9.25. The van der Waals surface area contributed by atoms with Gasteiger partial charge >= 0.3 is 0 Å². The molecule has 0 heterocycles. The van der Waals surface area contributed by atoms with Gasteiger partial charge in [-0.1, -0.05) is 86.0 Å². The van der Waals surface area contributed by atoms with Crippen molar-refractivity contribution < 1.29 is 0 Å². The first-order valence-electron chi connectivity index (χ1n) is 15.1. The van der Waals surface area contributed by atoms with Crippen molar-refractivity contribution in [2.24, 2.45) is 0 Å². The Labute approximate surface area is 208 Å². The van der Waals surface area contributed by atoms with Gasteiger partial charge in [0.2, 0.25) is 0 Å². The first-order chi connectivity index (χ1) is 16.1. The van der Waals surface area contributed by atoms with E-state index < -0.39 is 0 Å². The van der Waals surface area contributed by atoms with Crippen LogP contribution in [0.1, 0.15) is 131 Å². The monoisotopic (exact) mass is 466 g/mol. The summed E-state index contributed by atoms with van der Waals surface area (Å²) in [6, 6.07) is 0. The second-order valence-electron chi connectivity index (χ2n) is 11.0. The zero-order chi connectivity index (χ0) is 24.0. The van der Waals surface area contributed by atoms with Gasteiger partial charge in [0.1, 0.15) is 0 Å². The van der Waals surface area contributed by atoms with Gasteiger partial charge in [-0.2, -0.15) is 0 Å². The van der Waals surface area contributed by atoms with E-state index in [0.717, 1.165) is 13.1 Å². The molecule has 0 saturated heterocycles. The molecule has 2 aliphatic rings. The zero-order valence-electron chi connectivity index (χ0n) is 23.3. The lowest BCUT2D eigenvalue weighted by molar-refractivity contribution is 0.0476. The first kappa shape index (κ1) is 29.1. The Morgan fingerprint density at radius 2 is 1.00 bits per heavy atom. The van der Waals surface area contributed by atoms with Crippen LogP contribution in [0.25, 0.3) is 0 Å². The highest BCUT2D eigenvalue weighted by atomic mass is 15.9. The summed E-state index contributed by atoms with van der Waals surface area (Å²) in [4.78, 5) is 5.55. The van der Waals surface area contributed by atoms with Crippen LogP contribution in [0.3, 0.4) is 0 Å². The number of nitrogens with zero attached hydrogens (tertiary/aromatic N) is 2.